The molecule has 0 aromatic heterocycles. The molecule has 5 aliphatic rings. The minimum absolute atomic E-state index is 0.178. The van der Waals surface area contributed by atoms with Gasteiger partial charge < -0.3 is 15.1 Å². The van der Waals surface area contributed by atoms with Crippen molar-refractivity contribution >= 4 is 5.91 Å². The molecule has 5 rings (SSSR count). The largest absolute Gasteiger partial charge is 0.388 e. The van der Waals surface area contributed by atoms with Gasteiger partial charge in [-0.3, -0.25) is 4.79 Å². The third-order valence-electron chi connectivity index (χ3n) is 6.35. The van der Waals surface area contributed by atoms with Crippen LogP contribution in [0.25, 0.3) is 0 Å². The fourth-order valence-corrected chi connectivity index (χ4v) is 6.24. The Labute approximate surface area is 120 Å². The minimum Gasteiger partial charge on any atom is -0.388 e. The van der Waals surface area contributed by atoms with Gasteiger partial charge in [0.25, 0.3) is 0 Å². The number of rotatable bonds is 1. The van der Waals surface area contributed by atoms with E-state index in [1.165, 1.54) is 19.3 Å². The van der Waals surface area contributed by atoms with Crippen LogP contribution in [0.5, 0.6) is 0 Å². The lowest BCUT2D eigenvalue weighted by molar-refractivity contribution is -0.165. The number of hydrogen-bond donors (Lipinski definition) is 2. The number of carbonyl (C=O) groups excluding carboxylic acids is 1. The SMILES string of the molecule is CC12CC3CC(C1)CC(C(=O)N1CC(O)C(O)C1)(C3)C2. The van der Waals surface area contributed by atoms with Crippen LogP contribution in [-0.4, -0.2) is 46.3 Å². The van der Waals surface area contributed by atoms with E-state index in [2.05, 4.69) is 6.92 Å². The molecule has 5 fully saturated rings. The van der Waals surface area contributed by atoms with E-state index in [1.54, 1.807) is 4.90 Å². The van der Waals surface area contributed by atoms with Gasteiger partial charge in [-0.05, 0) is 55.8 Å². The van der Waals surface area contributed by atoms with Crippen molar-refractivity contribution in [3.63, 3.8) is 0 Å². The lowest BCUT2D eigenvalue weighted by Crippen LogP contribution is -2.57. The molecule has 4 bridgehead atoms. The van der Waals surface area contributed by atoms with E-state index in [9.17, 15) is 15.0 Å². The monoisotopic (exact) mass is 279 g/mol. The number of aliphatic hydroxyl groups excluding tert-OH is 2. The van der Waals surface area contributed by atoms with Gasteiger partial charge in [0.15, 0.2) is 0 Å². The van der Waals surface area contributed by atoms with Crippen LogP contribution in [0.4, 0.5) is 0 Å². The molecule has 4 heteroatoms. The Kier molecular flexibility index (Phi) is 2.60. The number of hydrogen-bond acceptors (Lipinski definition) is 3. The summed E-state index contributed by atoms with van der Waals surface area (Å²) < 4.78 is 0. The van der Waals surface area contributed by atoms with E-state index in [1.807, 2.05) is 0 Å². The topological polar surface area (TPSA) is 60.8 Å². The summed E-state index contributed by atoms with van der Waals surface area (Å²) in [6.07, 6.45) is 5.49. The van der Waals surface area contributed by atoms with Crippen molar-refractivity contribution in [3.05, 3.63) is 0 Å². The molecule has 4 aliphatic carbocycles. The summed E-state index contributed by atoms with van der Waals surface area (Å²) in [6, 6.07) is 0. The minimum atomic E-state index is -0.761. The zero-order valence-electron chi connectivity index (χ0n) is 12.2. The molecule has 4 unspecified atom stereocenters. The smallest absolute Gasteiger partial charge is 0.229 e. The fourth-order valence-electron chi connectivity index (χ4n) is 6.24. The van der Waals surface area contributed by atoms with Crippen molar-refractivity contribution in [2.75, 3.05) is 13.1 Å². The van der Waals surface area contributed by atoms with Crippen LogP contribution in [0.2, 0.25) is 0 Å². The lowest BCUT2D eigenvalue weighted by Gasteiger charge is -2.61. The number of amides is 1. The van der Waals surface area contributed by atoms with E-state index < -0.39 is 12.2 Å². The maximum Gasteiger partial charge on any atom is 0.229 e. The molecule has 0 radical (unpaired) electrons. The van der Waals surface area contributed by atoms with Gasteiger partial charge in [-0.1, -0.05) is 6.92 Å². The van der Waals surface area contributed by atoms with Gasteiger partial charge in [0.1, 0.15) is 0 Å². The summed E-state index contributed by atoms with van der Waals surface area (Å²) in [4.78, 5) is 14.8. The van der Waals surface area contributed by atoms with Crippen LogP contribution in [0.1, 0.15) is 45.4 Å². The Morgan fingerprint density at radius 2 is 1.60 bits per heavy atom. The quantitative estimate of drug-likeness (QED) is 0.757. The highest BCUT2D eigenvalue weighted by molar-refractivity contribution is 5.83. The van der Waals surface area contributed by atoms with Crippen molar-refractivity contribution in [1.29, 1.82) is 0 Å². The van der Waals surface area contributed by atoms with Crippen LogP contribution >= 0.6 is 0 Å². The summed E-state index contributed by atoms with van der Waals surface area (Å²) in [6.45, 7) is 2.99. The maximum absolute atomic E-state index is 13.0. The Balaban J connectivity index is 1.60. The van der Waals surface area contributed by atoms with Crippen molar-refractivity contribution in [3.8, 4) is 0 Å². The van der Waals surface area contributed by atoms with Crippen LogP contribution in [-0.2, 0) is 4.79 Å². The second-order valence-electron chi connectivity index (χ2n) is 8.40. The van der Waals surface area contributed by atoms with Crippen molar-refractivity contribution < 1.29 is 15.0 Å². The Morgan fingerprint density at radius 1 is 1.05 bits per heavy atom. The van der Waals surface area contributed by atoms with E-state index in [0.717, 1.165) is 31.1 Å². The molecule has 1 heterocycles. The van der Waals surface area contributed by atoms with Gasteiger partial charge >= 0.3 is 0 Å². The number of nitrogens with zero attached hydrogens (tertiary/aromatic N) is 1. The van der Waals surface area contributed by atoms with Crippen molar-refractivity contribution in [1.82, 2.24) is 4.90 Å². The lowest BCUT2D eigenvalue weighted by atomic mass is 9.44. The van der Waals surface area contributed by atoms with Crippen molar-refractivity contribution in [2.45, 2.75) is 57.7 Å². The molecular formula is C16H25NO3. The van der Waals surface area contributed by atoms with Crippen molar-refractivity contribution in [2.24, 2.45) is 22.7 Å². The van der Waals surface area contributed by atoms with Gasteiger partial charge in [0.2, 0.25) is 5.91 Å². The molecule has 0 aromatic carbocycles. The van der Waals surface area contributed by atoms with Gasteiger partial charge in [0, 0.05) is 13.1 Å². The Hall–Kier alpha value is -0.610. The second kappa shape index (κ2) is 3.98. The molecule has 1 amide bonds. The van der Waals surface area contributed by atoms with Crippen LogP contribution in [0.3, 0.4) is 0 Å². The zero-order valence-corrected chi connectivity index (χ0v) is 12.2. The van der Waals surface area contributed by atoms with Gasteiger partial charge in [-0.2, -0.15) is 0 Å². The first-order valence-electron chi connectivity index (χ1n) is 8.05. The molecule has 4 saturated carbocycles. The first-order valence-corrected chi connectivity index (χ1v) is 8.05. The van der Waals surface area contributed by atoms with Crippen LogP contribution < -0.4 is 0 Å². The van der Waals surface area contributed by atoms with Gasteiger partial charge in [-0.15, -0.1) is 0 Å². The average Bonchev–Trinajstić information content (AvgIpc) is 2.65. The van der Waals surface area contributed by atoms with E-state index >= 15 is 0 Å². The number of likely N-dealkylation sites (tertiary alicyclic amines) is 1. The van der Waals surface area contributed by atoms with Gasteiger partial charge in [0.05, 0.1) is 17.6 Å². The van der Waals surface area contributed by atoms with Crippen LogP contribution in [0.15, 0.2) is 0 Å². The molecule has 1 aliphatic heterocycles. The summed E-state index contributed by atoms with van der Waals surface area (Å²) in [5.74, 6) is 1.67. The summed E-state index contributed by atoms with van der Waals surface area (Å²) >= 11 is 0. The maximum atomic E-state index is 13.0. The standard InChI is InChI=1S/C16H25NO3/c1-15-3-10-2-11(4-15)6-16(5-10,9-15)14(20)17-7-12(18)13(19)8-17/h10-13,18-19H,2-9H2,1H3. The highest BCUT2D eigenvalue weighted by Crippen LogP contribution is 2.65. The van der Waals surface area contributed by atoms with Gasteiger partial charge in [-0.25, -0.2) is 0 Å². The molecule has 1 saturated heterocycles. The molecular weight excluding hydrogens is 254 g/mol. The normalized spacial score (nSPS) is 53.6. The number of β-amino-alcohol motifs (C(OH)–C–C–N with tert-alkyl or cyclic N) is 2. The Bertz CT molecular complexity index is 425. The first-order chi connectivity index (χ1) is 9.39. The third kappa shape index (κ3) is 1.77. The molecule has 4 atom stereocenters. The zero-order chi connectivity index (χ0) is 14.1. The van der Waals surface area contributed by atoms with E-state index in [0.29, 0.717) is 18.5 Å². The predicted octanol–water partition coefficient (Wildman–Crippen LogP) is 1.16. The molecule has 4 nitrogen and oxygen atoms in total. The Morgan fingerprint density at radius 3 is 2.10 bits per heavy atom. The molecule has 112 valence electrons. The predicted molar refractivity (Wildman–Crippen MR) is 73.8 cm³/mol. The van der Waals surface area contributed by atoms with E-state index in [4.69, 9.17) is 0 Å². The molecule has 0 spiro atoms. The molecule has 0 aromatic rings. The first kappa shape index (κ1) is 13.1. The van der Waals surface area contributed by atoms with E-state index in [-0.39, 0.29) is 11.3 Å². The average molecular weight is 279 g/mol. The second-order valence-corrected chi connectivity index (χ2v) is 8.40. The third-order valence-corrected chi connectivity index (χ3v) is 6.35. The highest BCUT2D eigenvalue weighted by atomic mass is 16.3. The molecule has 2 N–H and O–H groups in total. The highest BCUT2D eigenvalue weighted by Gasteiger charge is 2.60. The summed E-state index contributed by atoms with van der Waals surface area (Å²) in [5, 5.41) is 19.4. The number of aliphatic hydroxyl groups is 2. The molecule has 20 heavy (non-hydrogen) atoms. The summed E-state index contributed by atoms with van der Waals surface area (Å²) in [5.41, 5.74) is 0.180. The number of carbonyl (C=O) groups is 1. The fraction of sp³-hybridized carbons (Fsp3) is 0.938. The van der Waals surface area contributed by atoms with Crippen LogP contribution in [0, 0.1) is 22.7 Å². The summed E-state index contributed by atoms with van der Waals surface area (Å²) in [7, 11) is 0.